The maximum absolute atomic E-state index is 12.9. The van der Waals surface area contributed by atoms with Crippen LogP contribution in [0.5, 0.6) is 0 Å². The van der Waals surface area contributed by atoms with Crippen LogP contribution in [0.2, 0.25) is 0 Å². The minimum absolute atomic E-state index is 0.112. The third-order valence-electron chi connectivity index (χ3n) is 5.62. The van der Waals surface area contributed by atoms with Crippen LogP contribution in [-0.4, -0.2) is 68.8 Å². The Hall–Kier alpha value is -0.960. The topological polar surface area (TPSA) is 62.1 Å². The summed E-state index contributed by atoms with van der Waals surface area (Å²) in [4.78, 5) is 16.1. The van der Waals surface area contributed by atoms with Crippen LogP contribution in [0.15, 0.2) is 21.7 Å². The summed E-state index contributed by atoms with van der Waals surface area (Å²) in [7, 11) is -3.38. The molecule has 2 aliphatic rings. The number of nitrogens with one attached hydrogen (secondary N) is 1. The Morgan fingerprint density at radius 1 is 1.23 bits per heavy atom. The standard InChI is InChI=1S/C18H29N3O3S2/c1-14-11-15(2)13-20(12-14)18(22)16(3)19-6-8-21(9-7-19)26(23,24)17-5-4-10-25-17/h4-5,10,14-16H,6-9,11-13H2,1-3H3/p+1/t14-,15-,16+/m0/s1. The third-order valence-corrected chi connectivity index (χ3v) is 8.89. The summed E-state index contributed by atoms with van der Waals surface area (Å²) in [5.74, 6) is 1.32. The molecular formula is C18H30N3O3S2+. The van der Waals surface area contributed by atoms with E-state index in [1.54, 1.807) is 21.8 Å². The van der Waals surface area contributed by atoms with Crippen LogP contribution >= 0.6 is 11.3 Å². The van der Waals surface area contributed by atoms with Gasteiger partial charge in [0, 0.05) is 13.1 Å². The number of nitrogens with zero attached hydrogens (tertiary/aromatic N) is 2. The van der Waals surface area contributed by atoms with Crippen LogP contribution in [0.1, 0.15) is 27.2 Å². The van der Waals surface area contributed by atoms with E-state index in [2.05, 4.69) is 13.8 Å². The van der Waals surface area contributed by atoms with Crippen LogP contribution in [0, 0.1) is 11.8 Å². The van der Waals surface area contributed by atoms with E-state index < -0.39 is 10.0 Å². The number of hydrogen-bond donors (Lipinski definition) is 1. The van der Waals surface area contributed by atoms with Crippen molar-refractivity contribution in [2.45, 2.75) is 37.4 Å². The zero-order chi connectivity index (χ0) is 18.9. The fourth-order valence-electron chi connectivity index (χ4n) is 4.28. The fourth-order valence-corrected chi connectivity index (χ4v) is 6.86. The molecule has 1 amide bonds. The van der Waals surface area contributed by atoms with Crippen molar-refractivity contribution in [3.05, 3.63) is 17.5 Å². The number of rotatable bonds is 4. The Labute approximate surface area is 160 Å². The highest BCUT2D eigenvalue weighted by atomic mass is 32.2. The zero-order valence-electron chi connectivity index (χ0n) is 15.8. The number of quaternary nitrogens is 1. The number of sulfonamides is 1. The fraction of sp³-hybridized carbons (Fsp3) is 0.722. The summed E-state index contributed by atoms with van der Waals surface area (Å²) in [5, 5.41) is 1.79. The molecule has 2 aliphatic heterocycles. The molecule has 1 N–H and O–H groups in total. The number of likely N-dealkylation sites (tertiary alicyclic amines) is 1. The lowest BCUT2D eigenvalue weighted by molar-refractivity contribution is -0.918. The number of carbonyl (C=O) groups is 1. The van der Waals surface area contributed by atoms with E-state index in [1.807, 2.05) is 11.8 Å². The molecule has 2 fully saturated rings. The normalized spacial score (nSPS) is 27.4. The van der Waals surface area contributed by atoms with Crippen molar-refractivity contribution >= 4 is 27.3 Å². The van der Waals surface area contributed by atoms with Gasteiger partial charge in [-0.3, -0.25) is 4.79 Å². The second-order valence-electron chi connectivity index (χ2n) is 7.91. The molecule has 26 heavy (non-hydrogen) atoms. The van der Waals surface area contributed by atoms with Crippen molar-refractivity contribution in [1.82, 2.24) is 9.21 Å². The zero-order valence-corrected chi connectivity index (χ0v) is 17.5. The molecule has 0 aromatic carbocycles. The van der Waals surface area contributed by atoms with Crippen molar-refractivity contribution in [3.8, 4) is 0 Å². The molecule has 1 aromatic rings. The second kappa shape index (κ2) is 7.96. The van der Waals surface area contributed by atoms with E-state index in [-0.39, 0.29) is 11.9 Å². The third kappa shape index (κ3) is 4.13. The Bertz CT molecular complexity index is 702. The number of amides is 1. The van der Waals surface area contributed by atoms with E-state index in [1.165, 1.54) is 22.7 Å². The van der Waals surface area contributed by atoms with Crippen molar-refractivity contribution in [1.29, 1.82) is 0 Å². The van der Waals surface area contributed by atoms with Crippen LogP contribution in [-0.2, 0) is 14.8 Å². The molecule has 3 heterocycles. The highest BCUT2D eigenvalue weighted by Crippen LogP contribution is 2.22. The molecule has 0 bridgehead atoms. The predicted molar refractivity (Wildman–Crippen MR) is 103 cm³/mol. The minimum atomic E-state index is -3.38. The van der Waals surface area contributed by atoms with Gasteiger partial charge in [0.2, 0.25) is 0 Å². The second-order valence-corrected chi connectivity index (χ2v) is 11.0. The van der Waals surface area contributed by atoms with Crippen LogP contribution < -0.4 is 4.90 Å². The molecule has 3 atom stereocenters. The molecule has 0 saturated carbocycles. The van der Waals surface area contributed by atoms with Gasteiger partial charge in [0.25, 0.3) is 15.9 Å². The highest BCUT2D eigenvalue weighted by Gasteiger charge is 2.37. The molecule has 8 heteroatoms. The molecule has 6 nitrogen and oxygen atoms in total. The quantitative estimate of drug-likeness (QED) is 0.802. The summed E-state index contributed by atoms with van der Waals surface area (Å²) in [6.45, 7) is 10.4. The van der Waals surface area contributed by atoms with Gasteiger partial charge in [-0.25, -0.2) is 8.42 Å². The predicted octanol–water partition coefficient (Wildman–Crippen LogP) is 0.530. The number of piperidine rings is 1. The Morgan fingerprint density at radius 3 is 2.38 bits per heavy atom. The van der Waals surface area contributed by atoms with Crippen molar-refractivity contribution in [2.75, 3.05) is 39.3 Å². The first kappa shape index (κ1) is 19.8. The van der Waals surface area contributed by atoms with E-state index in [0.717, 1.165) is 13.1 Å². The summed E-state index contributed by atoms with van der Waals surface area (Å²) in [5.41, 5.74) is 0. The SMILES string of the molecule is C[C@H]1C[C@H](C)CN(C(=O)[C@@H](C)[NH+]2CCN(S(=O)(=O)c3cccs3)CC2)C1. The Kier molecular flexibility index (Phi) is 6.06. The van der Waals surface area contributed by atoms with Gasteiger partial charge in [0.1, 0.15) is 4.21 Å². The van der Waals surface area contributed by atoms with Gasteiger partial charge in [0.05, 0.1) is 26.2 Å². The minimum Gasteiger partial charge on any atom is -0.337 e. The van der Waals surface area contributed by atoms with Gasteiger partial charge < -0.3 is 9.80 Å². The van der Waals surface area contributed by atoms with Crippen molar-refractivity contribution < 1.29 is 18.1 Å². The average molecular weight is 401 g/mol. The van der Waals surface area contributed by atoms with E-state index >= 15 is 0 Å². The lowest BCUT2D eigenvalue weighted by Crippen LogP contribution is -3.19. The molecule has 146 valence electrons. The number of hydrogen-bond acceptors (Lipinski definition) is 4. The largest absolute Gasteiger partial charge is 0.337 e. The summed E-state index contributed by atoms with van der Waals surface area (Å²) in [6.07, 6.45) is 1.18. The number of carbonyl (C=O) groups excluding carboxylic acids is 1. The summed E-state index contributed by atoms with van der Waals surface area (Å²) in [6, 6.07) is 3.31. The van der Waals surface area contributed by atoms with Gasteiger partial charge in [-0.15, -0.1) is 11.3 Å². The average Bonchev–Trinajstić information content (AvgIpc) is 3.15. The molecule has 1 aromatic heterocycles. The molecule has 0 radical (unpaired) electrons. The maximum atomic E-state index is 12.9. The monoisotopic (exact) mass is 400 g/mol. The molecule has 0 aliphatic carbocycles. The van der Waals surface area contributed by atoms with Gasteiger partial charge in [-0.1, -0.05) is 19.9 Å². The Morgan fingerprint density at radius 2 is 1.85 bits per heavy atom. The molecule has 0 spiro atoms. The maximum Gasteiger partial charge on any atom is 0.280 e. The van der Waals surface area contributed by atoms with Crippen molar-refractivity contribution in [3.63, 3.8) is 0 Å². The highest BCUT2D eigenvalue weighted by molar-refractivity contribution is 7.91. The van der Waals surface area contributed by atoms with Crippen LogP contribution in [0.3, 0.4) is 0 Å². The van der Waals surface area contributed by atoms with E-state index in [0.29, 0.717) is 42.2 Å². The summed E-state index contributed by atoms with van der Waals surface area (Å²) >= 11 is 1.26. The molecule has 3 rings (SSSR count). The summed E-state index contributed by atoms with van der Waals surface area (Å²) < 4.78 is 27.2. The number of thiophene rings is 1. The van der Waals surface area contributed by atoms with Crippen LogP contribution in [0.4, 0.5) is 0 Å². The van der Waals surface area contributed by atoms with Gasteiger partial charge in [-0.05, 0) is 36.6 Å². The molecule has 2 saturated heterocycles. The van der Waals surface area contributed by atoms with Gasteiger partial charge in [0.15, 0.2) is 6.04 Å². The first-order valence-corrected chi connectivity index (χ1v) is 11.8. The first-order chi connectivity index (χ1) is 12.3. The van der Waals surface area contributed by atoms with E-state index in [9.17, 15) is 13.2 Å². The molecular weight excluding hydrogens is 370 g/mol. The van der Waals surface area contributed by atoms with Crippen LogP contribution in [0.25, 0.3) is 0 Å². The van der Waals surface area contributed by atoms with Gasteiger partial charge in [-0.2, -0.15) is 4.31 Å². The smallest absolute Gasteiger partial charge is 0.280 e. The molecule has 0 unspecified atom stereocenters. The first-order valence-electron chi connectivity index (χ1n) is 9.46. The van der Waals surface area contributed by atoms with Gasteiger partial charge >= 0.3 is 0 Å². The number of piperazine rings is 1. The lowest BCUT2D eigenvalue weighted by atomic mass is 9.91. The lowest BCUT2D eigenvalue weighted by Gasteiger charge is -2.39. The Balaban J connectivity index is 1.58. The van der Waals surface area contributed by atoms with E-state index in [4.69, 9.17) is 0 Å². The van der Waals surface area contributed by atoms with Crippen molar-refractivity contribution in [2.24, 2.45) is 11.8 Å².